The Bertz CT molecular complexity index is 1190. The number of fused-ring (bicyclic) bond motifs is 1. The summed E-state index contributed by atoms with van der Waals surface area (Å²) in [5.74, 6) is -1.85. The van der Waals surface area contributed by atoms with E-state index < -0.39 is 41.1 Å². The number of methoxy groups -OCH3 is 1. The van der Waals surface area contributed by atoms with Gasteiger partial charge in [-0.05, 0) is 24.3 Å². The first-order valence-corrected chi connectivity index (χ1v) is 10.6. The van der Waals surface area contributed by atoms with Crippen LogP contribution in [0.4, 0.5) is 26.7 Å². The van der Waals surface area contributed by atoms with Crippen LogP contribution in [0.3, 0.4) is 0 Å². The van der Waals surface area contributed by atoms with Crippen LogP contribution in [-0.2, 0) is 22.1 Å². The Kier molecular flexibility index (Phi) is 6.32. The van der Waals surface area contributed by atoms with Crippen LogP contribution in [0.1, 0.15) is 11.3 Å². The van der Waals surface area contributed by atoms with Crippen LogP contribution in [0.2, 0.25) is 0 Å². The number of alkyl halides is 3. The van der Waals surface area contributed by atoms with E-state index in [0.29, 0.717) is 6.54 Å². The number of morpholine rings is 1. The summed E-state index contributed by atoms with van der Waals surface area (Å²) < 4.78 is 81.1. The first-order chi connectivity index (χ1) is 15.6. The normalized spacial score (nSPS) is 16.9. The maximum absolute atomic E-state index is 14.8. The Morgan fingerprint density at radius 2 is 1.97 bits per heavy atom. The van der Waals surface area contributed by atoms with Gasteiger partial charge in [0.05, 0.1) is 48.9 Å². The third-order valence-electron chi connectivity index (χ3n) is 5.29. The highest BCUT2D eigenvalue weighted by atomic mass is 79.9. The number of carbonyl (C=O) groups is 1. The Hall–Kier alpha value is -2.73. The number of ether oxygens (including phenoxy) is 2. The van der Waals surface area contributed by atoms with E-state index in [1.165, 1.54) is 16.4 Å². The summed E-state index contributed by atoms with van der Waals surface area (Å²) in [7, 11) is 1.24. The minimum atomic E-state index is -4.62. The van der Waals surface area contributed by atoms with Crippen molar-refractivity contribution >= 4 is 27.7 Å². The van der Waals surface area contributed by atoms with Gasteiger partial charge in [0.2, 0.25) is 0 Å². The molecule has 6 nitrogen and oxygen atoms in total. The van der Waals surface area contributed by atoms with Crippen molar-refractivity contribution in [1.82, 2.24) is 14.3 Å². The van der Waals surface area contributed by atoms with Gasteiger partial charge >= 0.3 is 12.3 Å². The van der Waals surface area contributed by atoms with Crippen LogP contribution in [0, 0.1) is 11.6 Å². The summed E-state index contributed by atoms with van der Waals surface area (Å²) in [6.07, 6.45) is -4.58. The lowest BCUT2D eigenvalue weighted by Gasteiger charge is -2.32. The van der Waals surface area contributed by atoms with E-state index in [1.807, 2.05) is 0 Å². The smallest absolute Gasteiger partial charge is 0.416 e. The molecule has 1 fully saturated rings. The number of pyridine rings is 1. The largest absolute Gasteiger partial charge is 0.453 e. The number of rotatable bonds is 3. The van der Waals surface area contributed by atoms with Crippen molar-refractivity contribution in [2.24, 2.45) is 0 Å². The van der Waals surface area contributed by atoms with Crippen LogP contribution < -0.4 is 0 Å². The monoisotopic (exact) mass is 533 g/mol. The molecule has 0 aliphatic carbocycles. The third kappa shape index (κ3) is 4.67. The van der Waals surface area contributed by atoms with Gasteiger partial charge < -0.3 is 18.8 Å². The molecule has 3 heterocycles. The molecule has 12 heteroatoms. The summed E-state index contributed by atoms with van der Waals surface area (Å²) in [6.45, 7) is 0.629. The summed E-state index contributed by atoms with van der Waals surface area (Å²) in [4.78, 5) is 17.5. The highest BCUT2D eigenvalue weighted by Crippen LogP contribution is 2.35. The van der Waals surface area contributed by atoms with E-state index in [1.54, 1.807) is 0 Å². The summed E-state index contributed by atoms with van der Waals surface area (Å²) in [5.41, 5.74) is -1.44. The van der Waals surface area contributed by atoms with E-state index in [0.717, 1.165) is 30.5 Å². The highest BCUT2D eigenvalue weighted by molar-refractivity contribution is 9.10. The SMILES string of the molecule is COC(=O)N1CCO[C@@H](Cc2c(-c3c(F)cc(Br)cc3F)nc3cc(C(F)(F)F)ccn23)C1. The molecular weight excluding hydrogens is 517 g/mol. The number of halogens is 6. The number of carbonyl (C=O) groups excluding carboxylic acids is 1. The molecule has 0 unspecified atom stereocenters. The Balaban J connectivity index is 1.83. The van der Waals surface area contributed by atoms with Crippen LogP contribution >= 0.6 is 15.9 Å². The summed E-state index contributed by atoms with van der Waals surface area (Å²) in [5, 5.41) is 0. The van der Waals surface area contributed by atoms with Gasteiger partial charge in [-0.15, -0.1) is 0 Å². The molecule has 3 aromatic rings. The van der Waals surface area contributed by atoms with Gasteiger partial charge in [0.15, 0.2) is 0 Å². The fourth-order valence-corrected chi connectivity index (χ4v) is 4.19. The Labute approximate surface area is 193 Å². The number of hydrogen-bond acceptors (Lipinski definition) is 4. The number of aromatic nitrogens is 2. The molecule has 33 heavy (non-hydrogen) atoms. The topological polar surface area (TPSA) is 56.1 Å². The average Bonchev–Trinajstić information content (AvgIpc) is 3.09. The Morgan fingerprint density at radius 1 is 1.27 bits per heavy atom. The molecule has 0 N–H and O–H groups in total. The van der Waals surface area contributed by atoms with E-state index in [-0.39, 0.29) is 41.1 Å². The lowest BCUT2D eigenvalue weighted by Crippen LogP contribution is -2.46. The molecule has 2 aromatic heterocycles. The van der Waals surface area contributed by atoms with Crippen molar-refractivity contribution in [2.45, 2.75) is 18.7 Å². The fourth-order valence-electron chi connectivity index (χ4n) is 3.79. The van der Waals surface area contributed by atoms with Gasteiger partial charge in [0, 0.05) is 23.6 Å². The van der Waals surface area contributed by atoms with Crippen LogP contribution in [0.25, 0.3) is 16.9 Å². The predicted octanol–water partition coefficient (Wildman–Crippen LogP) is 5.07. The molecule has 1 aliphatic heterocycles. The second-order valence-corrected chi connectivity index (χ2v) is 8.32. The second-order valence-electron chi connectivity index (χ2n) is 7.41. The number of benzene rings is 1. The lowest BCUT2D eigenvalue weighted by molar-refractivity contribution is -0.137. The molecule has 1 atom stereocenters. The van der Waals surface area contributed by atoms with E-state index >= 15 is 0 Å². The molecule has 0 saturated carbocycles. The first kappa shape index (κ1) is 23.4. The second kappa shape index (κ2) is 8.90. The van der Waals surface area contributed by atoms with Crippen molar-refractivity contribution in [3.05, 3.63) is 57.8 Å². The first-order valence-electron chi connectivity index (χ1n) is 9.76. The van der Waals surface area contributed by atoms with Crippen LogP contribution in [0.5, 0.6) is 0 Å². The number of amides is 1. The van der Waals surface area contributed by atoms with Gasteiger partial charge in [-0.25, -0.2) is 18.6 Å². The van der Waals surface area contributed by atoms with Crippen LogP contribution in [-0.4, -0.2) is 53.3 Å². The maximum Gasteiger partial charge on any atom is 0.416 e. The van der Waals surface area contributed by atoms with Crippen molar-refractivity contribution in [1.29, 1.82) is 0 Å². The molecule has 1 amide bonds. The van der Waals surface area contributed by atoms with E-state index in [2.05, 4.69) is 20.9 Å². The predicted molar refractivity (Wildman–Crippen MR) is 111 cm³/mol. The molecule has 0 radical (unpaired) electrons. The number of hydrogen-bond donors (Lipinski definition) is 0. The molecule has 1 aliphatic rings. The quantitative estimate of drug-likeness (QED) is 0.441. The van der Waals surface area contributed by atoms with E-state index in [4.69, 9.17) is 9.47 Å². The minimum Gasteiger partial charge on any atom is -0.453 e. The highest BCUT2D eigenvalue weighted by Gasteiger charge is 2.33. The maximum atomic E-state index is 14.8. The van der Waals surface area contributed by atoms with E-state index in [9.17, 15) is 26.7 Å². The third-order valence-corrected chi connectivity index (χ3v) is 5.75. The zero-order valence-corrected chi connectivity index (χ0v) is 18.7. The van der Waals surface area contributed by atoms with Crippen molar-refractivity contribution in [3.63, 3.8) is 0 Å². The molecule has 4 rings (SSSR count). The van der Waals surface area contributed by atoms with Crippen molar-refractivity contribution in [2.75, 3.05) is 26.8 Å². The number of nitrogens with zero attached hydrogens (tertiary/aromatic N) is 3. The van der Waals surface area contributed by atoms with Gasteiger partial charge in [-0.3, -0.25) is 0 Å². The summed E-state index contributed by atoms with van der Waals surface area (Å²) in [6, 6.07) is 3.76. The fraction of sp³-hybridized carbons (Fsp3) is 0.333. The van der Waals surface area contributed by atoms with Crippen LogP contribution in [0.15, 0.2) is 34.9 Å². The standard InChI is InChI=1S/C21H17BrF5N3O3/c1-32-20(31)29-4-5-33-13(10-29)9-16-19(18-14(23)7-12(22)8-15(18)24)28-17-6-11(21(25,26)27)2-3-30(16)17/h2-3,6-8,13H,4-5,9-10H2,1H3/t13-/m0/s1. The van der Waals surface area contributed by atoms with Crippen molar-refractivity contribution in [3.8, 4) is 11.3 Å². The van der Waals surface area contributed by atoms with Gasteiger partial charge in [0.25, 0.3) is 0 Å². The van der Waals surface area contributed by atoms with Crippen molar-refractivity contribution < 1.29 is 36.2 Å². The molecule has 0 spiro atoms. The molecular formula is C21H17BrF5N3O3. The summed E-state index contributed by atoms with van der Waals surface area (Å²) >= 11 is 3.01. The molecule has 1 aromatic carbocycles. The number of imidazole rings is 1. The molecule has 1 saturated heterocycles. The Morgan fingerprint density at radius 3 is 2.61 bits per heavy atom. The van der Waals surface area contributed by atoms with Gasteiger partial charge in [-0.2, -0.15) is 13.2 Å². The van der Waals surface area contributed by atoms with Gasteiger partial charge in [0.1, 0.15) is 17.3 Å². The zero-order valence-electron chi connectivity index (χ0n) is 17.1. The van der Waals surface area contributed by atoms with Gasteiger partial charge in [-0.1, -0.05) is 15.9 Å². The lowest BCUT2D eigenvalue weighted by atomic mass is 10.0. The molecule has 0 bridgehead atoms. The molecule has 176 valence electrons. The minimum absolute atomic E-state index is 0.0320. The zero-order chi connectivity index (χ0) is 23.9. The average molecular weight is 534 g/mol.